The number of ether oxygens (including phenoxy) is 1. The standard InChI is InChI=1S/C17H11ClINO3/c1-10-15(17(21)22-12-8-6-11(19)7-9-12)16(20-23-10)13-4-2-3-5-14(13)18/h2-9H,1H3. The lowest BCUT2D eigenvalue weighted by Crippen LogP contribution is -2.10. The fourth-order valence-corrected chi connectivity index (χ4v) is 2.70. The fourth-order valence-electron chi connectivity index (χ4n) is 2.11. The Kier molecular flexibility index (Phi) is 4.68. The number of carbonyl (C=O) groups is 1. The molecule has 0 amide bonds. The molecule has 0 aliphatic carbocycles. The van der Waals surface area contributed by atoms with Gasteiger partial charge < -0.3 is 9.26 Å². The number of hydrogen-bond acceptors (Lipinski definition) is 4. The van der Waals surface area contributed by atoms with E-state index in [2.05, 4.69) is 27.7 Å². The molecule has 0 radical (unpaired) electrons. The molecule has 0 fully saturated rings. The summed E-state index contributed by atoms with van der Waals surface area (Å²) >= 11 is 8.37. The molecule has 6 heteroatoms. The second-order valence-electron chi connectivity index (χ2n) is 4.79. The summed E-state index contributed by atoms with van der Waals surface area (Å²) in [5.74, 6) is 0.316. The van der Waals surface area contributed by atoms with Crippen molar-refractivity contribution in [2.45, 2.75) is 6.92 Å². The highest BCUT2D eigenvalue weighted by Gasteiger charge is 2.24. The van der Waals surface area contributed by atoms with E-state index < -0.39 is 5.97 Å². The molecule has 4 nitrogen and oxygen atoms in total. The van der Waals surface area contributed by atoms with Crippen LogP contribution in [0.25, 0.3) is 11.3 Å². The van der Waals surface area contributed by atoms with Crippen LogP contribution < -0.4 is 4.74 Å². The van der Waals surface area contributed by atoms with E-state index in [-0.39, 0.29) is 5.56 Å². The van der Waals surface area contributed by atoms with E-state index in [1.807, 2.05) is 24.3 Å². The molecular formula is C17H11ClINO3. The molecule has 0 unspecified atom stereocenters. The number of carbonyl (C=O) groups excluding carboxylic acids is 1. The van der Waals surface area contributed by atoms with Gasteiger partial charge in [0.15, 0.2) is 0 Å². The Hall–Kier alpha value is -1.86. The zero-order valence-electron chi connectivity index (χ0n) is 12.0. The van der Waals surface area contributed by atoms with Crippen LogP contribution in [-0.4, -0.2) is 11.1 Å². The smallest absolute Gasteiger partial charge is 0.349 e. The molecule has 3 aromatic rings. The van der Waals surface area contributed by atoms with Crippen LogP contribution >= 0.6 is 34.2 Å². The zero-order chi connectivity index (χ0) is 16.4. The van der Waals surface area contributed by atoms with E-state index in [0.717, 1.165) is 3.57 Å². The normalized spacial score (nSPS) is 10.6. The number of hydrogen-bond donors (Lipinski definition) is 0. The van der Waals surface area contributed by atoms with Gasteiger partial charge in [-0.3, -0.25) is 0 Å². The summed E-state index contributed by atoms with van der Waals surface area (Å²) < 4.78 is 11.6. The Morgan fingerprint density at radius 2 is 1.87 bits per heavy atom. The summed E-state index contributed by atoms with van der Waals surface area (Å²) in [6.45, 7) is 1.66. The van der Waals surface area contributed by atoms with Crippen molar-refractivity contribution in [3.05, 3.63) is 68.4 Å². The van der Waals surface area contributed by atoms with Crippen molar-refractivity contribution in [2.24, 2.45) is 0 Å². The first-order valence-electron chi connectivity index (χ1n) is 6.75. The van der Waals surface area contributed by atoms with E-state index in [1.54, 1.807) is 31.2 Å². The second kappa shape index (κ2) is 6.72. The minimum atomic E-state index is -0.528. The highest BCUT2D eigenvalue weighted by Crippen LogP contribution is 2.31. The van der Waals surface area contributed by atoms with Gasteiger partial charge in [0, 0.05) is 9.13 Å². The van der Waals surface area contributed by atoms with Crippen molar-refractivity contribution in [2.75, 3.05) is 0 Å². The third-order valence-corrected chi connectivity index (χ3v) is 4.27. The summed E-state index contributed by atoms with van der Waals surface area (Å²) in [4.78, 5) is 12.5. The molecule has 0 N–H and O–H groups in total. The van der Waals surface area contributed by atoms with Crippen molar-refractivity contribution in [1.29, 1.82) is 0 Å². The number of aromatic nitrogens is 1. The van der Waals surface area contributed by atoms with Crippen LogP contribution in [0.15, 0.2) is 53.1 Å². The van der Waals surface area contributed by atoms with Crippen LogP contribution in [0.1, 0.15) is 16.1 Å². The molecule has 2 aromatic carbocycles. The Morgan fingerprint density at radius 1 is 1.17 bits per heavy atom. The maximum atomic E-state index is 12.5. The molecule has 0 bridgehead atoms. The second-order valence-corrected chi connectivity index (χ2v) is 6.44. The fraction of sp³-hybridized carbons (Fsp3) is 0.0588. The number of halogens is 2. The first-order chi connectivity index (χ1) is 11.1. The molecule has 116 valence electrons. The van der Waals surface area contributed by atoms with Crippen molar-refractivity contribution < 1.29 is 14.1 Å². The lowest BCUT2D eigenvalue weighted by Gasteiger charge is -2.06. The van der Waals surface area contributed by atoms with Crippen molar-refractivity contribution >= 4 is 40.2 Å². The highest BCUT2D eigenvalue weighted by molar-refractivity contribution is 14.1. The zero-order valence-corrected chi connectivity index (χ0v) is 15.0. The van der Waals surface area contributed by atoms with Crippen LogP contribution in [0.4, 0.5) is 0 Å². The minimum Gasteiger partial charge on any atom is -0.423 e. The van der Waals surface area contributed by atoms with Gasteiger partial charge >= 0.3 is 5.97 Å². The highest BCUT2D eigenvalue weighted by atomic mass is 127. The molecule has 0 saturated carbocycles. The average molecular weight is 440 g/mol. The topological polar surface area (TPSA) is 52.3 Å². The quantitative estimate of drug-likeness (QED) is 0.323. The van der Waals surface area contributed by atoms with Gasteiger partial charge in [-0.2, -0.15) is 0 Å². The largest absolute Gasteiger partial charge is 0.423 e. The molecule has 0 aliphatic rings. The van der Waals surface area contributed by atoms with Crippen LogP contribution in [-0.2, 0) is 0 Å². The molecule has 0 atom stereocenters. The molecule has 0 aliphatic heterocycles. The summed E-state index contributed by atoms with van der Waals surface area (Å²) in [6.07, 6.45) is 0. The predicted molar refractivity (Wildman–Crippen MR) is 95.8 cm³/mol. The van der Waals surface area contributed by atoms with E-state index in [1.165, 1.54) is 0 Å². The van der Waals surface area contributed by atoms with Gasteiger partial charge in [-0.1, -0.05) is 35.0 Å². The molecule has 23 heavy (non-hydrogen) atoms. The number of aryl methyl sites for hydroxylation is 1. The first kappa shape index (κ1) is 16.0. The van der Waals surface area contributed by atoms with Gasteiger partial charge in [0.1, 0.15) is 22.8 Å². The number of rotatable bonds is 3. The summed E-state index contributed by atoms with van der Waals surface area (Å²) in [5, 5.41) is 4.45. The van der Waals surface area contributed by atoms with Crippen LogP contribution in [0.2, 0.25) is 5.02 Å². The van der Waals surface area contributed by atoms with Gasteiger partial charge in [-0.15, -0.1) is 0 Å². The lowest BCUT2D eigenvalue weighted by atomic mass is 10.1. The third-order valence-electron chi connectivity index (χ3n) is 3.22. The van der Waals surface area contributed by atoms with Gasteiger partial charge in [-0.05, 0) is 59.8 Å². The third kappa shape index (κ3) is 3.40. The van der Waals surface area contributed by atoms with Crippen molar-refractivity contribution in [3.8, 4) is 17.0 Å². The first-order valence-corrected chi connectivity index (χ1v) is 8.21. The average Bonchev–Trinajstić information content (AvgIpc) is 2.91. The lowest BCUT2D eigenvalue weighted by molar-refractivity contribution is 0.0733. The Balaban J connectivity index is 1.97. The Morgan fingerprint density at radius 3 is 2.57 bits per heavy atom. The molecule has 0 spiro atoms. The molecular weight excluding hydrogens is 429 g/mol. The summed E-state index contributed by atoms with van der Waals surface area (Å²) in [7, 11) is 0. The van der Waals surface area contributed by atoms with E-state index >= 15 is 0 Å². The molecule has 0 saturated heterocycles. The van der Waals surface area contributed by atoms with E-state index in [4.69, 9.17) is 20.9 Å². The van der Waals surface area contributed by atoms with Crippen molar-refractivity contribution in [3.63, 3.8) is 0 Å². The Bertz CT molecular complexity index is 859. The predicted octanol–water partition coefficient (Wildman–Crippen LogP) is 5.13. The minimum absolute atomic E-state index is 0.275. The number of benzene rings is 2. The summed E-state index contributed by atoms with van der Waals surface area (Å²) in [5.41, 5.74) is 1.28. The number of nitrogens with zero attached hydrogens (tertiary/aromatic N) is 1. The van der Waals surface area contributed by atoms with E-state index in [0.29, 0.717) is 27.8 Å². The van der Waals surface area contributed by atoms with Gasteiger partial charge in [-0.25, -0.2) is 4.79 Å². The maximum Gasteiger partial charge on any atom is 0.349 e. The van der Waals surface area contributed by atoms with Gasteiger partial charge in [0.25, 0.3) is 0 Å². The van der Waals surface area contributed by atoms with Crippen LogP contribution in [0, 0.1) is 10.5 Å². The van der Waals surface area contributed by atoms with Crippen LogP contribution in [0.5, 0.6) is 5.75 Å². The maximum absolute atomic E-state index is 12.5. The van der Waals surface area contributed by atoms with Crippen molar-refractivity contribution in [1.82, 2.24) is 5.16 Å². The molecule has 1 aromatic heterocycles. The SMILES string of the molecule is Cc1onc(-c2ccccc2Cl)c1C(=O)Oc1ccc(I)cc1. The van der Waals surface area contributed by atoms with Gasteiger partial charge in [0.05, 0.1) is 5.02 Å². The summed E-state index contributed by atoms with van der Waals surface area (Å²) in [6, 6.07) is 14.3. The monoisotopic (exact) mass is 439 g/mol. The Labute approximate surface area is 151 Å². The van der Waals surface area contributed by atoms with Gasteiger partial charge in [0.2, 0.25) is 0 Å². The number of esters is 1. The molecule has 3 rings (SSSR count). The molecule has 1 heterocycles. The van der Waals surface area contributed by atoms with Crippen LogP contribution in [0.3, 0.4) is 0 Å². The van der Waals surface area contributed by atoms with E-state index in [9.17, 15) is 4.79 Å².